The molecule has 0 aromatic carbocycles. The Morgan fingerprint density at radius 1 is 1.50 bits per heavy atom. The fraction of sp³-hybridized carbons (Fsp3) is 0.636. The minimum absolute atomic E-state index is 0.113. The Labute approximate surface area is 114 Å². The number of aliphatic hydroxyl groups excluding tert-OH is 3. The van der Waals surface area contributed by atoms with E-state index in [2.05, 4.69) is 15.3 Å². The number of H-pyrrole nitrogens is 1. The molecule has 20 heavy (non-hydrogen) atoms. The third-order valence-electron chi connectivity index (χ3n) is 3.18. The van der Waals surface area contributed by atoms with Crippen molar-refractivity contribution in [2.24, 2.45) is 0 Å². The lowest BCUT2D eigenvalue weighted by Crippen LogP contribution is -2.49. The normalized spacial score (nSPS) is 31.4. The standard InChI is InChI=1S/C11H17N3O6/c15-3-7-8(16)9(17)10(20-7)14-6(11(18)19)1-5-2-12-4-13-5/h2,4,6-10,14-17H,1,3H2,(H,12,13)(H,18,19)/t6-,7+,8+,9+,10?/m0/s1. The van der Waals surface area contributed by atoms with Crippen LogP contribution >= 0.6 is 0 Å². The molecule has 1 aromatic heterocycles. The first kappa shape index (κ1) is 14.9. The third kappa shape index (κ3) is 3.14. The van der Waals surface area contributed by atoms with E-state index in [-0.39, 0.29) is 6.42 Å². The Bertz CT molecular complexity index is 439. The molecule has 2 heterocycles. The Morgan fingerprint density at radius 3 is 2.75 bits per heavy atom. The number of aliphatic carboxylic acids is 1. The average Bonchev–Trinajstić information content (AvgIpc) is 3.01. The molecule has 1 aromatic rings. The van der Waals surface area contributed by atoms with E-state index in [0.717, 1.165) is 0 Å². The molecule has 0 amide bonds. The summed E-state index contributed by atoms with van der Waals surface area (Å²) >= 11 is 0. The zero-order valence-corrected chi connectivity index (χ0v) is 10.5. The second-order valence-corrected chi connectivity index (χ2v) is 4.60. The molecule has 6 N–H and O–H groups in total. The molecule has 1 aliphatic rings. The minimum Gasteiger partial charge on any atom is -0.480 e. The molecule has 2 rings (SSSR count). The Morgan fingerprint density at radius 2 is 2.25 bits per heavy atom. The van der Waals surface area contributed by atoms with E-state index in [0.29, 0.717) is 5.69 Å². The lowest BCUT2D eigenvalue weighted by atomic mass is 10.1. The van der Waals surface area contributed by atoms with Crippen LogP contribution in [-0.4, -0.2) is 73.6 Å². The van der Waals surface area contributed by atoms with Crippen molar-refractivity contribution in [3.63, 3.8) is 0 Å². The first-order valence-electron chi connectivity index (χ1n) is 6.11. The maximum Gasteiger partial charge on any atom is 0.321 e. The van der Waals surface area contributed by atoms with Crippen molar-refractivity contribution in [2.45, 2.75) is 37.0 Å². The summed E-state index contributed by atoms with van der Waals surface area (Å²) < 4.78 is 5.18. The van der Waals surface area contributed by atoms with Crippen molar-refractivity contribution < 1.29 is 30.0 Å². The van der Waals surface area contributed by atoms with Gasteiger partial charge in [0.1, 0.15) is 30.6 Å². The second kappa shape index (κ2) is 6.29. The number of ether oxygens (including phenoxy) is 1. The lowest BCUT2D eigenvalue weighted by Gasteiger charge is -2.21. The molecule has 112 valence electrons. The van der Waals surface area contributed by atoms with Gasteiger partial charge in [-0.1, -0.05) is 0 Å². The number of carboxylic acids is 1. The number of nitrogens with one attached hydrogen (secondary N) is 2. The topological polar surface area (TPSA) is 148 Å². The molecular weight excluding hydrogens is 270 g/mol. The first-order valence-corrected chi connectivity index (χ1v) is 6.11. The highest BCUT2D eigenvalue weighted by Crippen LogP contribution is 2.20. The summed E-state index contributed by atoms with van der Waals surface area (Å²) in [6, 6.07) is -1.03. The van der Waals surface area contributed by atoms with Gasteiger partial charge >= 0.3 is 5.97 Å². The highest BCUT2D eigenvalue weighted by Gasteiger charge is 2.43. The average molecular weight is 287 g/mol. The predicted octanol–water partition coefficient (Wildman–Crippen LogP) is -2.57. The molecule has 0 aliphatic carbocycles. The second-order valence-electron chi connectivity index (χ2n) is 4.60. The number of imidazole rings is 1. The summed E-state index contributed by atoms with van der Waals surface area (Å²) in [4.78, 5) is 17.8. The van der Waals surface area contributed by atoms with Crippen LogP contribution in [0, 0.1) is 0 Å². The van der Waals surface area contributed by atoms with Gasteiger partial charge in [-0.05, 0) is 0 Å². The number of carboxylic acid groups (broad SMARTS) is 1. The summed E-state index contributed by atoms with van der Waals surface area (Å²) in [5.74, 6) is -1.13. The highest BCUT2D eigenvalue weighted by atomic mass is 16.6. The summed E-state index contributed by atoms with van der Waals surface area (Å²) in [5.41, 5.74) is 0.608. The molecule has 0 radical (unpaired) electrons. The van der Waals surface area contributed by atoms with Crippen LogP contribution in [0.4, 0.5) is 0 Å². The maximum atomic E-state index is 11.2. The zero-order valence-electron chi connectivity index (χ0n) is 10.5. The molecule has 9 nitrogen and oxygen atoms in total. The first-order chi connectivity index (χ1) is 9.52. The van der Waals surface area contributed by atoms with Gasteiger partial charge in [-0.15, -0.1) is 0 Å². The molecular formula is C11H17N3O6. The van der Waals surface area contributed by atoms with Crippen LogP contribution in [0.1, 0.15) is 5.69 Å². The number of hydrogen-bond acceptors (Lipinski definition) is 7. The molecule has 1 fully saturated rings. The van der Waals surface area contributed by atoms with Gasteiger partial charge in [0.05, 0.1) is 12.9 Å². The number of carbonyl (C=O) groups is 1. The fourth-order valence-electron chi connectivity index (χ4n) is 2.07. The molecule has 0 bridgehead atoms. The van der Waals surface area contributed by atoms with E-state index in [1.807, 2.05) is 0 Å². The van der Waals surface area contributed by atoms with Crippen molar-refractivity contribution in [3.05, 3.63) is 18.2 Å². The van der Waals surface area contributed by atoms with Crippen LogP contribution < -0.4 is 5.32 Å². The number of aliphatic hydroxyl groups is 3. The van der Waals surface area contributed by atoms with E-state index in [1.165, 1.54) is 12.5 Å². The van der Waals surface area contributed by atoms with Gasteiger partial charge in [0, 0.05) is 18.3 Å². The van der Waals surface area contributed by atoms with Crippen molar-refractivity contribution in [2.75, 3.05) is 6.61 Å². The summed E-state index contributed by atoms with van der Waals surface area (Å²) in [5, 5.41) is 40.1. The smallest absolute Gasteiger partial charge is 0.321 e. The molecule has 9 heteroatoms. The van der Waals surface area contributed by atoms with Crippen LogP contribution in [0.25, 0.3) is 0 Å². The summed E-state index contributed by atoms with van der Waals surface area (Å²) in [7, 11) is 0. The lowest BCUT2D eigenvalue weighted by molar-refractivity contribution is -0.141. The largest absolute Gasteiger partial charge is 0.480 e. The highest BCUT2D eigenvalue weighted by molar-refractivity contribution is 5.73. The van der Waals surface area contributed by atoms with Gasteiger partial charge in [-0.2, -0.15) is 0 Å². The zero-order chi connectivity index (χ0) is 14.7. The number of nitrogens with zero attached hydrogens (tertiary/aromatic N) is 1. The number of aromatic nitrogens is 2. The van der Waals surface area contributed by atoms with Crippen LogP contribution in [0.15, 0.2) is 12.5 Å². The van der Waals surface area contributed by atoms with Gasteiger partial charge in [0.2, 0.25) is 0 Å². The van der Waals surface area contributed by atoms with Crippen molar-refractivity contribution in [1.82, 2.24) is 15.3 Å². The number of rotatable bonds is 6. The number of aromatic amines is 1. The Hall–Kier alpha value is -1.52. The van der Waals surface area contributed by atoms with Gasteiger partial charge in [-0.25, -0.2) is 4.98 Å². The van der Waals surface area contributed by atoms with E-state index < -0.39 is 43.2 Å². The van der Waals surface area contributed by atoms with Crippen LogP contribution in [0.5, 0.6) is 0 Å². The monoisotopic (exact) mass is 287 g/mol. The van der Waals surface area contributed by atoms with E-state index in [9.17, 15) is 15.0 Å². The van der Waals surface area contributed by atoms with E-state index >= 15 is 0 Å². The molecule has 5 atom stereocenters. The fourth-order valence-corrected chi connectivity index (χ4v) is 2.07. The van der Waals surface area contributed by atoms with Crippen molar-refractivity contribution in [1.29, 1.82) is 0 Å². The van der Waals surface area contributed by atoms with Crippen molar-refractivity contribution >= 4 is 5.97 Å². The molecule has 0 spiro atoms. The quantitative estimate of drug-likeness (QED) is 0.334. The SMILES string of the molecule is O=C(O)[C@H](Cc1cnc[nH]1)NC1O[C@H](CO)[C@@H](O)[C@H]1O. The predicted molar refractivity (Wildman–Crippen MR) is 64.6 cm³/mol. The Kier molecular flexibility index (Phi) is 4.68. The van der Waals surface area contributed by atoms with E-state index in [4.69, 9.17) is 14.9 Å². The maximum absolute atomic E-state index is 11.2. The third-order valence-corrected chi connectivity index (χ3v) is 3.18. The van der Waals surface area contributed by atoms with Crippen LogP contribution in [0.2, 0.25) is 0 Å². The van der Waals surface area contributed by atoms with Gasteiger partial charge in [-0.3, -0.25) is 10.1 Å². The summed E-state index contributed by atoms with van der Waals surface area (Å²) in [6.07, 6.45) is -1.54. The molecule has 1 aliphatic heterocycles. The van der Waals surface area contributed by atoms with Crippen LogP contribution in [-0.2, 0) is 16.0 Å². The molecule has 1 unspecified atom stereocenters. The van der Waals surface area contributed by atoms with E-state index in [1.54, 1.807) is 0 Å². The minimum atomic E-state index is -1.31. The van der Waals surface area contributed by atoms with Gasteiger partial charge in [0.25, 0.3) is 0 Å². The van der Waals surface area contributed by atoms with Crippen LogP contribution in [0.3, 0.4) is 0 Å². The molecule has 0 saturated carbocycles. The Balaban J connectivity index is 2.00. The van der Waals surface area contributed by atoms with Crippen molar-refractivity contribution in [3.8, 4) is 0 Å². The van der Waals surface area contributed by atoms with Gasteiger partial charge in [0.15, 0.2) is 0 Å². The molecule has 1 saturated heterocycles. The summed E-state index contributed by atoms with van der Waals surface area (Å²) in [6.45, 7) is -0.464. The number of hydrogen-bond donors (Lipinski definition) is 6. The van der Waals surface area contributed by atoms with Gasteiger partial charge < -0.3 is 30.1 Å².